The molecule has 0 aliphatic carbocycles. The molecule has 0 aromatic heterocycles. The molecule has 2 atom stereocenters. The highest BCUT2D eigenvalue weighted by Crippen LogP contribution is 2.31. The van der Waals surface area contributed by atoms with Gasteiger partial charge in [0, 0.05) is 0 Å². The van der Waals surface area contributed by atoms with Crippen molar-refractivity contribution >= 4 is 0 Å². The first-order valence-electron chi connectivity index (χ1n) is 7.40. The van der Waals surface area contributed by atoms with Gasteiger partial charge in [0.25, 0.3) is 0 Å². The monoisotopic (exact) mass is 244 g/mol. The van der Waals surface area contributed by atoms with Crippen molar-refractivity contribution < 1.29 is 10.2 Å². The van der Waals surface area contributed by atoms with Gasteiger partial charge in [-0.1, -0.05) is 47.0 Å². The van der Waals surface area contributed by atoms with Gasteiger partial charge in [-0.05, 0) is 38.5 Å². The molecule has 2 nitrogen and oxygen atoms in total. The first kappa shape index (κ1) is 16.9. The summed E-state index contributed by atoms with van der Waals surface area (Å²) in [5, 5.41) is 20.9. The van der Waals surface area contributed by atoms with Crippen LogP contribution in [-0.4, -0.2) is 21.4 Å². The molecule has 0 aliphatic rings. The van der Waals surface area contributed by atoms with E-state index in [1.807, 2.05) is 13.8 Å². The largest absolute Gasteiger partial charge is 0.390 e. The van der Waals surface area contributed by atoms with Crippen LogP contribution >= 0.6 is 0 Å². The van der Waals surface area contributed by atoms with Crippen molar-refractivity contribution in [2.75, 3.05) is 0 Å². The van der Waals surface area contributed by atoms with Crippen LogP contribution in [0.5, 0.6) is 0 Å². The minimum Gasteiger partial charge on any atom is -0.390 e. The van der Waals surface area contributed by atoms with Gasteiger partial charge < -0.3 is 10.2 Å². The molecule has 17 heavy (non-hydrogen) atoms. The number of hydrogen-bond donors (Lipinski definition) is 2. The Labute approximate surface area is 107 Å². The molecule has 0 bridgehead atoms. The van der Waals surface area contributed by atoms with E-state index in [1.54, 1.807) is 0 Å². The molecule has 2 N–H and O–H groups in total. The third kappa shape index (κ3) is 6.42. The van der Waals surface area contributed by atoms with E-state index in [4.69, 9.17) is 0 Å². The van der Waals surface area contributed by atoms with Gasteiger partial charge in [0.05, 0.1) is 11.2 Å². The number of unbranched alkanes of at least 4 members (excludes halogenated alkanes) is 1. The summed E-state index contributed by atoms with van der Waals surface area (Å²) in [4.78, 5) is 0. The fourth-order valence-electron chi connectivity index (χ4n) is 2.39. The first-order valence-corrected chi connectivity index (χ1v) is 7.40. The van der Waals surface area contributed by atoms with Crippen molar-refractivity contribution in [1.29, 1.82) is 0 Å². The van der Waals surface area contributed by atoms with Crippen LogP contribution in [0, 0.1) is 0 Å². The summed E-state index contributed by atoms with van der Waals surface area (Å²) in [6.07, 6.45) is 7.94. The fraction of sp³-hybridized carbons (Fsp3) is 1.00. The maximum absolute atomic E-state index is 10.5. The van der Waals surface area contributed by atoms with Crippen molar-refractivity contribution in [3.8, 4) is 0 Å². The minimum absolute atomic E-state index is 0.563. The average Bonchev–Trinajstić information content (AvgIpc) is 2.34. The molecule has 0 aliphatic heterocycles. The van der Waals surface area contributed by atoms with E-state index in [0.29, 0.717) is 0 Å². The summed E-state index contributed by atoms with van der Waals surface area (Å²) in [6, 6.07) is 0. The Kier molecular flexibility index (Phi) is 8.06. The summed E-state index contributed by atoms with van der Waals surface area (Å²) in [5.74, 6) is 0. The zero-order valence-corrected chi connectivity index (χ0v) is 12.3. The molecule has 0 aromatic rings. The van der Waals surface area contributed by atoms with Gasteiger partial charge >= 0.3 is 0 Å². The highest BCUT2D eigenvalue weighted by molar-refractivity contribution is 4.84. The highest BCUT2D eigenvalue weighted by Gasteiger charge is 2.30. The number of aliphatic hydroxyl groups is 2. The summed E-state index contributed by atoms with van der Waals surface area (Å²) < 4.78 is 0. The molecule has 0 spiro atoms. The first-order chi connectivity index (χ1) is 7.95. The zero-order chi connectivity index (χ0) is 13.4. The van der Waals surface area contributed by atoms with Crippen LogP contribution in [0.15, 0.2) is 0 Å². The van der Waals surface area contributed by atoms with Crippen molar-refractivity contribution in [2.24, 2.45) is 0 Å². The zero-order valence-electron chi connectivity index (χ0n) is 12.3. The lowest BCUT2D eigenvalue weighted by Gasteiger charge is -2.33. The molecular formula is C15H32O2. The van der Waals surface area contributed by atoms with Crippen molar-refractivity contribution in [3.05, 3.63) is 0 Å². The number of rotatable bonds is 10. The van der Waals surface area contributed by atoms with Crippen molar-refractivity contribution in [1.82, 2.24) is 0 Å². The second kappa shape index (κ2) is 8.10. The molecule has 0 fully saturated rings. The summed E-state index contributed by atoms with van der Waals surface area (Å²) in [6.45, 7) is 8.33. The molecule has 2 heteroatoms. The molecule has 0 radical (unpaired) electrons. The van der Waals surface area contributed by atoms with Crippen LogP contribution in [0.2, 0.25) is 0 Å². The van der Waals surface area contributed by atoms with E-state index >= 15 is 0 Å². The fourth-order valence-corrected chi connectivity index (χ4v) is 2.39. The van der Waals surface area contributed by atoms with E-state index in [0.717, 1.165) is 57.8 Å². The van der Waals surface area contributed by atoms with E-state index in [-0.39, 0.29) is 0 Å². The Morgan fingerprint density at radius 2 is 1.12 bits per heavy atom. The van der Waals surface area contributed by atoms with Gasteiger partial charge in [0.15, 0.2) is 0 Å². The Balaban J connectivity index is 4.27. The van der Waals surface area contributed by atoms with Gasteiger partial charge in [-0.3, -0.25) is 0 Å². The van der Waals surface area contributed by atoms with E-state index in [9.17, 15) is 10.2 Å². The van der Waals surface area contributed by atoms with Crippen molar-refractivity contribution in [3.63, 3.8) is 0 Å². The van der Waals surface area contributed by atoms with Gasteiger partial charge in [-0.2, -0.15) is 0 Å². The molecular weight excluding hydrogens is 212 g/mol. The van der Waals surface area contributed by atoms with E-state index in [2.05, 4.69) is 13.8 Å². The lowest BCUT2D eigenvalue weighted by molar-refractivity contribution is -0.0340. The summed E-state index contributed by atoms with van der Waals surface area (Å²) in [5.41, 5.74) is -1.13. The Morgan fingerprint density at radius 1 is 0.647 bits per heavy atom. The average molecular weight is 244 g/mol. The standard InChI is InChI=1S/C15H32O2/c1-5-9-11-15(17,8-4)13-12-14(16,7-3)10-6-2/h16-17H,5-13H2,1-4H3. The Morgan fingerprint density at radius 3 is 1.47 bits per heavy atom. The second-order valence-corrected chi connectivity index (χ2v) is 5.51. The maximum atomic E-state index is 10.5. The molecule has 0 amide bonds. The molecule has 0 saturated carbocycles. The topological polar surface area (TPSA) is 40.5 Å². The van der Waals surface area contributed by atoms with Crippen LogP contribution in [0.3, 0.4) is 0 Å². The van der Waals surface area contributed by atoms with Gasteiger partial charge in [0.1, 0.15) is 0 Å². The lowest BCUT2D eigenvalue weighted by Crippen LogP contribution is -2.34. The third-order valence-electron chi connectivity index (χ3n) is 4.08. The van der Waals surface area contributed by atoms with Crippen LogP contribution in [-0.2, 0) is 0 Å². The molecule has 104 valence electrons. The van der Waals surface area contributed by atoms with Crippen LogP contribution < -0.4 is 0 Å². The van der Waals surface area contributed by atoms with Crippen LogP contribution in [0.25, 0.3) is 0 Å². The third-order valence-corrected chi connectivity index (χ3v) is 4.08. The van der Waals surface area contributed by atoms with E-state index < -0.39 is 11.2 Å². The summed E-state index contributed by atoms with van der Waals surface area (Å²) >= 11 is 0. The number of hydrogen-bond acceptors (Lipinski definition) is 2. The maximum Gasteiger partial charge on any atom is 0.0646 e. The van der Waals surface area contributed by atoms with Gasteiger partial charge in [0.2, 0.25) is 0 Å². The van der Waals surface area contributed by atoms with Crippen LogP contribution in [0.1, 0.15) is 85.5 Å². The van der Waals surface area contributed by atoms with Crippen LogP contribution in [0.4, 0.5) is 0 Å². The Bertz CT molecular complexity index is 193. The highest BCUT2D eigenvalue weighted by atomic mass is 16.3. The quantitative estimate of drug-likeness (QED) is 0.609. The molecule has 0 rings (SSSR count). The molecule has 0 aromatic carbocycles. The Hall–Kier alpha value is -0.0800. The van der Waals surface area contributed by atoms with Gasteiger partial charge in [-0.15, -0.1) is 0 Å². The predicted octanol–water partition coefficient (Wildman–Crippen LogP) is 4.04. The predicted molar refractivity (Wildman–Crippen MR) is 74.1 cm³/mol. The molecule has 0 saturated heterocycles. The smallest absolute Gasteiger partial charge is 0.0646 e. The summed E-state index contributed by atoms with van der Waals surface area (Å²) in [7, 11) is 0. The molecule has 2 unspecified atom stereocenters. The molecule has 0 heterocycles. The normalized spacial score (nSPS) is 18.7. The lowest BCUT2D eigenvalue weighted by atomic mass is 9.82. The SMILES string of the molecule is CCCCC(O)(CC)CCC(O)(CC)CCC. The second-order valence-electron chi connectivity index (χ2n) is 5.51. The minimum atomic E-state index is -0.565. The van der Waals surface area contributed by atoms with Crippen molar-refractivity contribution in [2.45, 2.75) is 96.7 Å². The van der Waals surface area contributed by atoms with Gasteiger partial charge in [-0.25, -0.2) is 0 Å². The van der Waals surface area contributed by atoms with E-state index in [1.165, 1.54) is 0 Å².